The fourth-order valence-electron chi connectivity index (χ4n) is 4.71. The summed E-state index contributed by atoms with van der Waals surface area (Å²) in [6.07, 6.45) is 0. The van der Waals surface area contributed by atoms with Gasteiger partial charge in [-0.15, -0.1) is 0 Å². The van der Waals surface area contributed by atoms with E-state index >= 15 is 0 Å². The van der Waals surface area contributed by atoms with E-state index in [0.717, 1.165) is 34.5 Å². The van der Waals surface area contributed by atoms with Crippen LogP contribution in [0.2, 0.25) is 5.02 Å². The first-order valence-electron chi connectivity index (χ1n) is 13.7. The van der Waals surface area contributed by atoms with Gasteiger partial charge >= 0.3 is 0 Å². The third-order valence-electron chi connectivity index (χ3n) is 6.91. The number of likely N-dealkylation sites (N-methyl/N-ethyl adjacent to an activating group) is 1. The quantitative estimate of drug-likeness (QED) is 0.171. The van der Waals surface area contributed by atoms with Crippen LogP contribution in [0.25, 0.3) is 10.9 Å². The molecule has 0 radical (unpaired) electrons. The number of hydrogen-bond acceptors (Lipinski definition) is 5. The second-order valence-electron chi connectivity index (χ2n) is 10.3. The number of benzene rings is 4. The number of aromatic amines is 1. The van der Waals surface area contributed by atoms with Crippen LogP contribution in [0.1, 0.15) is 23.6 Å². The first-order valence-corrected chi connectivity index (χ1v) is 14.1. The number of ether oxygens (including phenoxy) is 1. The maximum Gasteiger partial charge on any atom is 0.223 e. The molecule has 2 N–H and O–H groups in total. The number of aliphatic imine (C=N–C) groups is 1. The van der Waals surface area contributed by atoms with Gasteiger partial charge in [0.15, 0.2) is 5.88 Å². The molecule has 1 heterocycles. The molecule has 1 amide bonds. The molecule has 0 unspecified atom stereocenters. The summed E-state index contributed by atoms with van der Waals surface area (Å²) in [6, 6.07) is 30.6. The van der Waals surface area contributed by atoms with Gasteiger partial charge in [-0.1, -0.05) is 48.0 Å². The van der Waals surface area contributed by atoms with Gasteiger partial charge in [0.2, 0.25) is 5.91 Å². The van der Waals surface area contributed by atoms with E-state index in [9.17, 15) is 9.90 Å². The smallest absolute Gasteiger partial charge is 0.223 e. The molecule has 0 aliphatic carbocycles. The van der Waals surface area contributed by atoms with Gasteiger partial charge in [0, 0.05) is 41.7 Å². The minimum atomic E-state index is -0.0225. The van der Waals surface area contributed by atoms with Gasteiger partial charge in [-0.2, -0.15) is 0 Å². The summed E-state index contributed by atoms with van der Waals surface area (Å²) >= 11 is 6.22. The Balaban J connectivity index is 1.50. The van der Waals surface area contributed by atoms with Crippen LogP contribution in [-0.2, 0) is 11.4 Å². The van der Waals surface area contributed by atoms with E-state index in [1.165, 1.54) is 0 Å². The fraction of sp³-hybridized carbons (Fsp3) is 0.176. The maximum absolute atomic E-state index is 12.3. The van der Waals surface area contributed by atoms with Crippen molar-refractivity contribution in [2.45, 2.75) is 13.5 Å². The molecule has 0 aliphatic heterocycles. The van der Waals surface area contributed by atoms with Crippen molar-refractivity contribution in [3.8, 4) is 11.6 Å². The largest absolute Gasteiger partial charge is 0.494 e. The zero-order valence-electron chi connectivity index (χ0n) is 23.8. The van der Waals surface area contributed by atoms with Crippen LogP contribution in [-0.4, -0.2) is 53.8 Å². The van der Waals surface area contributed by atoms with Crippen LogP contribution in [0.15, 0.2) is 102 Å². The molecule has 0 aliphatic rings. The molecule has 0 spiro atoms. The Hall–Kier alpha value is -4.59. The summed E-state index contributed by atoms with van der Waals surface area (Å²) in [4.78, 5) is 24.1. The number of nitrogens with zero attached hydrogens (tertiary/aromatic N) is 3. The third kappa shape index (κ3) is 6.82. The fourth-order valence-corrected chi connectivity index (χ4v) is 4.89. The Bertz CT molecular complexity index is 1700. The van der Waals surface area contributed by atoms with Crippen molar-refractivity contribution in [1.82, 2.24) is 9.88 Å². The Labute approximate surface area is 250 Å². The monoisotopic (exact) mass is 580 g/mol. The summed E-state index contributed by atoms with van der Waals surface area (Å²) in [7, 11) is 3.96. The van der Waals surface area contributed by atoms with Crippen LogP contribution in [0.5, 0.6) is 11.6 Å². The number of carbonyl (C=O) groups is 1. The Kier molecular flexibility index (Phi) is 8.91. The van der Waals surface area contributed by atoms with Crippen molar-refractivity contribution in [1.29, 1.82) is 0 Å². The lowest BCUT2D eigenvalue weighted by atomic mass is 10.0. The number of nitrogens with one attached hydrogen (secondary N) is 1. The van der Waals surface area contributed by atoms with Gasteiger partial charge in [-0.05, 0) is 80.3 Å². The summed E-state index contributed by atoms with van der Waals surface area (Å²) in [5.41, 5.74) is 5.22. The van der Waals surface area contributed by atoms with Crippen LogP contribution >= 0.6 is 11.6 Å². The van der Waals surface area contributed by atoms with Gasteiger partial charge in [0.05, 0.1) is 22.5 Å². The predicted molar refractivity (Wildman–Crippen MR) is 171 cm³/mol. The van der Waals surface area contributed by atoms with E-state index in [-0.39, 0.29) is 11.8 Å². The zero-order chi connectivity index (χ0) is 29.6. The van der Waals surface area contributed by atoms with Crippen molar-refractivity contribution in [2.24, 2.45) is 4.99 Å². The van der Waals surface area contributed by atoms with E-state index < -0.39 is 0 Å². The first-order chi connectivity index (χ1) is 20.3. The number of aromatic nitrogens is 1. The first kappa shape index (κ1) is 28.9. The molecule has 0 saturated heterocycles. The summed E-state index contributed by atoms with van der Waals surface area (Å²) in [6.45, 7) is 3.36. The number of H-pyrrole nitrogens is 1. The van der Waals surface area contributed by atoms with E-state index in [1.54, 1.807) is 24.0 Å². The van der Waals surface area contributed by atoms with Gasteiger partial charge in [-0.25, -0.2) is 4.99 Å². The SMILES string of the molecule is CC(=O)N(CCN(C)C)c1ccc(N=C(c2ccc(OCc3ccccc3)cc2)c2c(O)[nH]c3cc(Cl)ccc23)cc1. The molecule has 214 valence electrons. The second-order valence-corrected chi connectivity index (χ2v) is 10.7. The minimum Gasteiger partial charge on any atom is -0.494 e. The summed E-state index contributed by atoms with van der Waals surface area (Å²) in [5.74, 6) is 0.701. The highest BCUT2D eigenvalue weighted by atomic mass is 35.5. The number of carbonyl (C=O) groups excluding carboxylic acids is 1. The van der Waals surface area contributed by atoms with E-state index in [4.69, 9.17) is 21.3 Å². The Morgan fingerprint density at radius 1 is 0.929 bits per heavy atom. The van der Waals surface area contributed by atoms with Crippen LogP contribution < -0.4 is 9.64 Å². The van der Waals surface area contributed by atoms with Gasteiger partial charge < -0.3 is 24.6 Å². The summed E-state index contributed by atoms with van der Waals surface area (Å²) in [5, 5.41) is 12.4. The van der Waals surface area contributed by atoms with Crippen LogP contribution in [0.3, 0.4) is 0 Å². The van der Waals surface area contributed by atoms with E-state index in [1.807, 2.05) is 104 Å². The van der Waals surface area contributed by atoms with E-state index in [2.05, 4.69) is 4.98 Å². The standard InChI is InChI=1S/C34H33ClN4O3/c1-23(40)39(20-19-38(2)3)28-14-12-27(13-15-28)36-33(32-30-18-11-26(35)21-31(30)37-34(32)41)25-9-16-29(17-10-25)42-22-24-7-5-4-6-8-24/h4-18,21,37,41H,19-20,22H2,1-3H3. The van der Waals surface area contributed by atoms with Gasteiger partial charge in [0.25, 0.3) is 0 Å². The highest BCUT2D eigenvalue weighted by Crippen LogP contribution is 2.33. The predicted octanol–water partition coefficient (Wildman–Crippen LogP) is 7.19. The van der Waals surface area contributed by atoms with Crippen molar-refractivity contribution in [3.63, 3.8) is 0 Å². The van der Waals surface area contributed by atoms with Crippen LogP contribution in [0, 0.1) is 0 Å². The van der Waals surface area contributed by atoms with E-state index in [0.29, 0.717) is 40.7 Å². The Morgan fingerprint density at radius 2 is 1.64 bits per heavy atom. The van der Waals surface area contributed by atoms with Crippen molar-refractivity contribution >= 4 is 45.5 Å². The number of rotatable bonds is 10. The molecular formula is C34H33ClN4O3. The molecule has 8 heteroatoms. The third-order valence-corrected chi connectivity index (χ3v) is 7.14. The van der Waals surface area contributed by atoms with Gasteiger partial charge in [0.1, 0.15) is 12.4 Å². The number of halogens is 1. The number of aromatic hydroxyl groups is 1. The Morgan fingerprint density at radius 3 is 2.31 bits per heavy atom. The van der Waals surface area contributed by atoms with Gasteiger partial charge in [-0.3, -0.25) is 4.79 Å². The molecule has 5 rings (SSSR count). The van der Waals surface area contributed by atoms with Crippen LogP contribution in [0.4, 0.5) is 11.4 Å². The molecule has 1 aromatic heterocycles. The van der Waals surface area contributed by atoms with Crippen molar-refractivity contribution in [3.05, 3.63) is 119 Å². The molecule has 4 aromatic carbocycles. The molecule has 5 aromatic rings. The lowest BCUT2D eigenvalue weighted by molar-refractivity contribution is -0.116. The maximum atomic E-state index is 12.3. The molecule has 7 nitrogen and oxygen atoms in total. The molecule has 0 fully saturated rings. The average molecular weight is 581 g/mol. The molecular weight excluding hydrogens is 548 g/mol. The lowest BCUT2D eigenvalue weighted by Gasteiger charge is -2.23. The highest BCUT2D eigenvalue weighted by molar-refractivity contribution is 6.31. The molecule has 0 atom stereocenters. The topological polar surface area (TPSA) is 81.2 Å². The number of anilines is 1. The summed E-state index contributed by atoms with van der Waals surface area (Å²) < 4.78 is 5.99. The minimum absolute atomic E-state index is 0.00141. The highest BCUT2D eigenvalue weighted by Gasteiger charge is 2.19. The zero-order valence-corrected chi connectivity index (χ0v) is 24.6. The number of amides is 1. The lowest BCUT2D eigenvalue weighted by Crippen LogP contribution is -2.35. The molecule has 42 heavy (non-hydrogen) atoms. The normalized spacial score (nSPS) is 11.7. The number of hydrogen-bond donors (Lipinski definition) is 2. The van der Waals surface area contributed by atoms with Crippen molar-refractivity contribution in [2.75, 3.05) is 32.1 Å². The number of fused-ring (bicyclic) bond motifs is 1. The molecule has 0 saturated carbocycles. The molecule has 0 bridgehead atoms. The van der Waals surface area contributed by atoms with Crippen molar-refractivity contribution < 1.29 is 14.6 Å². The second kappa shape index (κ2) is 12.9. The average Bonchev–Trinajstić information content (AvgIpc) is 3.30.